The van der Waals surface area contributed by atoms with Crippen molar-refractivity contribution < 1.29 is 23.1 Å². The highest BCUT2D eigenvalue weighted by Gasteiger charge is 2.39. The minimum atomic E-state index is -0.373. The van der Waals surface area contributed by atoms with Crippen LogP contribution in [-0.2, 0) is 16.2 Å². The van der Waals surface area contributed by atoms with E-state index < -0.39 is 0 Å². The van der Waals surface area contributed by atoms with Gasteiger partial charge in [-0.15, -0.1) is 0 Å². The quantitative estimate of drug-likeness (QED) is 0.465. The zero-order valence-corrected chi connectivity index (χ0v) is 18.5. The first kappa shape index (κ1) is 22.0. The Morgan fingerprint density at radius 3 is 2.15 bits per heavy atom. The Morgan fingerprint density at radius 2 is 1.47 bits per heavy atom. The van der Waals surface area contributed by atoms with Crippen LogP contribution < -0.4 is 9.64 Å². The number of benzene rings is 3. The molecule has 4 nitrogen and oxygen atoms in total. The van der Waals surface area contributed by atoms with Gasteiger partial charge in [0.1, 0.15) is 24.0 Å². The average Bonchev–Trinajstić information content (AvgIpc) is 2.84. The van der Waals surface area contributed by atoms with Gasteiger partial charge in [0.05, 0.1) is 0 Å². The number of carbonyl (C=O) groups excluding carboxylic acids is 2. The molecule has 0 radical (unpaired) electrons. The largest absolute Gasteiger partial charge is 0.489 e. The number of rotatable bonds is 5. The van der Waals surface area contributed by atoms with E-state index in [1.807, 2.05) is 24.3 Å². The van der Waals surface area contributed by atoms with Gasteiger partial charge in [0.2, 0.25) is 5.91 Å². The summed E-state index contributed by atoms with van der Waals surface area (Å²) in [4.78, 5) is 27.8. The van der Waals surface area contributed by atoms with E-state index >= 15 is 0 Å². The minimum absolute atomic E-state index is 0.0579. The number of ketones is 1. The van der Waals surface area contributed by atoms with Crippen molar-refractivity contribution in [3.63, 3.8) is 0 Å². The molecule has 2 aliphatic rings. The minimum Gasteiger partial charge on any atom is -0.489 e. The fourth-order valence-electron chi connectivity index (χ4n) is 4.71. The molecular weight excluding hydrogens is 436 g/mol. The van der Waals surface area contributed by atoms with Crippen LogP contribution in [0.3, 0.4) is 0 Å². The molecule has 1 amide bonds. The first-order valence-corrected chi connectivity index (χ1v) is 11.3. The Bertz CT molecular complexity index is 1250. The number of hydrogen-bond acceptors (Lipinski definition) is 3. The van der Waals surface area contributed by atoms with Crippen LogP contribution in [0.2, 0.25) is 0 Å². The number of amides is 1. The van der Waals surface area contributed by atoms with Crippen LogP contribution in [-0.4, -0.2) is 11.7 Å². The van der Waals surface area contributed by atoms with Gasteiger partial charge >= 0.3 is 0 Å². The van der Waals surface area contributed by atoms with Crippen molar-refractivity contribution in [2.75, 3.05) is 4.90 Å². The third-order valence-electron chi connectivity index (χ3n) is 6.36. The molecule has 0 saturated carbocycles. The maximum Gasteiger partial charge on any atom is 0.232 e. The number of ether oxygens (including phenoxy) is 1. The molecule has 0 spiro atoms. The molecule has 3 aromatic carbocycles. The Kier molecular flexibility index (Phi) is 5.97. The molecule has 3 aromatic rings. The van der Waals surface area contributed by atoms with Crippen LogP contribution in [0, 0.1) is 11.6 Å². The Labute approximate surface area is 196 Å². The Hall–Kier alpha value is -3.80. The number of anilines is 1. The highest BCUT2D eigenvalue weighted by Crippen LogP contribution is 2.43. The number of Topliss-reactive ketones (excluding diaryl/α,β-unsaturated/α-hetero) is 1. The fourth-order valence-corrected chi connectivity index (χ4v) is 4.71. The zero-order chi connectivity index (χ0) is 23.7. The van der Waals surface area contributed by atoms with Gasteiger partial charge in [0, 0.05) is 35.7 Å². The second kappa shape index (κ2) is 9.21. The van der Waals surface area contributed by atoms with Gasteiger partial charge in [-0.25, -0.2) is 8.78 Å². The summed E-state index contributed by atoms with van der Waals surface area (Å²) < 4.78 is 32.3. The van der Waals surface area contributed by atoms with Crippen molar-refractivity contribution in [2.45, 2.75) is 38.2 Å². The molecular formula is C28H23F2NO3. The van der Waals surface area contributed by atoms with Gasteiger partial charge in [-0.3, -0.25) is 14.5 Å². The maximum absolute atomic E-state index is 13.4. The van der Waals surface area contributed by atoms with E-state index in [9.17, 15) is 18.4 Å². The third-order valence-corrected chi connectivity index (χ3v) is 6.36. The number of halogens is 2. The highest BCUT2D eigenvalue weighted by atomic mass is 19.1. The van der Waals surface area contributed by atoms with E-state index in [-0.39, 0.29) is 35.7 Å². The molecule has 0 fully saturated rings. The first-order chi connectivity index (χ1) is 16.5. The van der Waals surface area contributed by atoms with Crippen LogP contribution >= 0.6 is 0 Å². The van der Waals surface area contributed by atoms with Crippen LogP contribution in [0.15, 0.2) is 84.1 Å². The van der Waals surface area contributed by atoms with Gasteiger partial charge < -0.3 is 4.74 Å². The number of allylic oxidation sites excluding steroid dienone is 2. The summed E-state index contributed by atoms with van der Waals surface area (Å²) in [7, 11) is 0. The summed E-state index contributed by atoms with van der Waals surface area (Å²) in [5.74, 6) is -0.393. The predicted octanol–water partition coefficient (Wildman–Crippen LogP) is 6.07. The molecule has 1 atom stereocenters. The maximum atomic E-state index is 13.4. The van der Waals surface area contributed by atoms with Crippen molar-refractivity contribution in [2.24, 2.45) is 0 Å². The van der Waals surface area contributed by atoms with Crippen molar-refractivity contribution >= 4 is 17.4 Å². The van der Waals surface area contributed by atoms with Gasteiger partial charge in [0.25, 0.3) is 0 Å². The van der Waals surface area contributed by atoms with Gasteiger partial charge in [-0.05, 0) is 72.5 Å². The second-order valence-corrected chi connectivity index (χ2v) is 8.58. The van der Waals surface area contributed by atoms with Gasteiger partial charge in [0.15, 0.2) is 5.78 Å². The van der Waals surface area contributed by atoms with Crippen molar-refractivity contribution in [3.05, 3.63) is 107 Å². The Balaban J connectivity index is 1.41. The van der Waals surface area contributed by atoms with Gasteiger partial charge in [-0.2, -0.15) is 0 Å². The summed E-state index contributed by atoms with van der Waals surface area (Å²) in [6.07, 6.45) is 1.93. The van der Waals surface area contributed by atoms with Crippen molar-refractivity contribution in [3.8, 4) is 5.75 Å². The van der Waals surface area contributed by atoms with Crippen LogP contribution in [0.1, 0.15) is 42.7 Å². The molecule has 0 bridgehead atoms. The summed E-state index contributed by atoms with van der Waals surface area (Å²) in [6, 6.07) is 19.3. The lowest BCUT2D eigenvalue weighted by Crippen LogP contribution is -2.40. The smallest absolute Gasteiger partial charge is 0.232 e. The fraction of sp³-hybridized carbons (Fsp3) is 0.214. The molecule has 1 aliphatic heterocycles. The van der Waals surface area contributed by atoms with Crippen LogP contribution in [0.25, 0.3) is 0 Å². The standard InChI is InChI=1S/C28H23F2NO3/c29-20-8-4-18(5-9-20)17-34-23-14-6-19(7-15-23)24-16-27(33)31(22-12-10-21(30)11-13-22)25-2-1-3-26(32)28(24)25/h4-15,24H,1-3,16-17H2. The molecule has 34 heavy (non-hydrogen) atoms. The highest BCUT2D eigenvalue weighted by molar-refractivity contribution is 6.07. The molecule has 1 aliphatic carbocycles. The topological polar surface area (TPSA) is 46.6 Å². The monoisotopic (exact) mass is 459 g/mol. The molecule has 0 N–H and O–H groups in total. The second-order valence-electron chi connectivity index (χ2n) is 8.58. The Morgan fingerprint density at radius 1 is 0.824 bits per heavy atom. The SMILES string of the molecule is O=C1CCCC2=C1C(c1ccc(OCc3ccc(F)cc3)cc1)CC(=O)N2c1ccc(F)cc1. The molecule has 5 rings (SSSR count). The summed E-state index contributed by atoms with van der Waals surface area (Å²) in [6.45, 7) is 0.307. The summed E-state index contributed by atoms with van der Waals surface area (Å²) >= 11 is 0. The lowest BCUT2D eigenvalue weighted by atomic mass is 9.77. The van der Waals surface area contributed by atoms with Crippen molar-refractivity contribution in [1.29, 1.82) is 0 Å². The first-order valence-electron chi connectivity index (χ1n) is 11.3. The molecule has 0 aromatic heterocycles. The lowest BCUT2D eigenvalue weighted by molar-refractivity contribution is -0.119. The summed E-state index contributed by atoms with van der Waals surface area (Å²) in [5.41, 5.74) is 3.71. The molecule has 6 heteroatoms. The number of carbonyl (C=O) groups is 2. The van der Waals surface area contributed by atoms with E-state index in [1.54, 1.807) is 29.2 Å². The van der Waals surface area contributed by atoms with Crippen molar-refractivity contribution in [1.82, 2.24) is 0 Å². The number of hydrogen-bond donors (Lipinski definition) is 0. The average molecular weight is 459 g/mol. The predicted molar refractivity (Wildman–Crippen MR) is 124 cm³/mol. The van der Waals surface area contributed by atoms with Crippen LogP contribution in [0.4, 0.5) is 14.5 Å². The van der Waals surface area contributed by atoms with E-state index in [0.717, 1.165) is 16.8 Å². The number of nitrogens with zero attached hydrogens (tertiary/aromatic N) is 1. The molecule has 1 unspecified atom stereocenters. The van der Waals surface area contributed by atoms with E-state index in [0.29, 0.717) is 42.9 Å². The molecule has 1 heterocycles. The zero-order valence-electron chi connectivity index (χ0n) is 18.5. The lowest BCUT2D eigenvalue weighted by Gasteiger charge is -2.38. The molecule has 0 saturated heterocycles. The van der Waals surface area contributed by atoms with Crippen LogP contribution in [0.5, 0.6) is 5.75 Å². The van der Waals surface area contributed by atoms with E-state index in [4.69, 9.17) is 4.74 Å². The molecule has 172 valence electrons. The van der Waals surface area contributed by atoms with Gasteiger partial charge in [-0.1, -0.05) is 24.3 Å². The summed E-state index contributed by atoms with van der Waals surface area (Å²) in [5, 5.41) is 0. The third kappa shape index (κ3) is 4.36. The normalized spacial score (nSPS) is 18.2. The van der Waals surface area contributed by atoms with E-state index in [2.05, 4.69) is 0 Å². The van der Waals surface area contributed by atoms with E-state index in [1.165, 1.54) is 24.3 Å².